The first-order valence-corrected chi connectivity index (χ1v) is 5.95. The highest BCUT2D eigenvalue weighted by Gasteiger charge is 2.15. The molecule has 0 aliphatic rings. The molecule has 2 aromatic heterocycles. The standard InChI is InChI=1S/C13H15FN4O/c1-8(2)12-10(7-18(3)17-12)16-13(19)9-5-4-6-11(14)15-9/h4-8H,1-3H3,(H,16,19). The first-order valence-electron chi connectivity index (χ1n) is 5.95. The average Bonchev–Trinajstić information content (AvgIpc) is 2.70. The van der Waals surface area contributed by atoms with Crippen molar-refractivity contribution in [1.82, 2.24) is 14.8 Å². The molecule has 0 spiro atoms. The van der Waals surface area contributed by atoms with Gasteiger partial charge in [-0.15, -0.1) is 0 Å². The highest BCUT2D eigenvalue weighted by Crippen LogP contribution is 2.22. The van der Waals surface area contributed by atoms with Crippen LogP contribution in [0.2, 0.25) is 0 Å². The molecule has 19 heavy (non-hydrogen) atoms. The number of carbonyl (C=O) groups excluding carboxylic acids is 1. The van der Waals surface area contributed by atoms with Crippen molar-refractivity contribution in [3.8, 4) is 0 Å². The van der Waals surface area contributed by atoms with Crippen molar-refractivity contribution in [3.63, 3.8) is 0 Å². The quantitative estimate of drug-likeness (QED) is 0.864. The number of pyridine rings is 1. The van der Waals surface area contributed by atoms with E-state index in [0.29, 0.717) is 5.69 Å². The highest BCUT2D eigenvalue weighted by atomic mass is 19.1. The van der Waals surface area contributed by atoms with E-state index in [4.69, 9.17) is 0 Å². The second-order valence-corrected chi connectivity index (χ2v) is 4.56. The predicted molar refractivity (Wildman–Crippen MR) is 69.4 cm³/mol. The van der Waals surface area contributed by atoms with Crippen molar-refractivity contribution < 1.29 is 9.18 Å². The summed E-state index contributed by atoms with van der Waals surface area (Å²) in [5.74, 6) is -0.950. The first-order chi connectivity index (χ1) is 8.97. The Bertz CT molecular complexity index is 606. The normalized spacial score (nSPS) is 10.8. The first kappa shape index (κ1) is 13.2. The summed E-state index contributed by atoms with van der Waals surface area (Å²) < 4.78 is 14.6. The average molecular weight is 262 g/mol. The molecule has 0 saturated heterocycles. The minimum Gasteiger partial charge on any atom is -0.318 e. The number of anilines is 1. The molecule has 0 aromatic carbocycles. The summed E-state index contributed by atoms with van der Waals surface area (Å²) in [7, 11) is 1.78. The number of amides is 1. The third kappa shape index (κ3) is 2.96. The Morgan fingerprint density at radius 3 is 2.79 bits per heavy atom. The van der Waals surface area contributed by atoms with E-state index in [1.807, 2.05) is 13.8 Å². The van der Waals surface area contributed by atoms with Gasteiger partial charge in [0.2, 0.25) is 5.95 Å². The molecule has 1 N–H and O–H groups in total. The summed E-state index contributed by atoms with van der Waals surface area (Å²) in [6.07, 6.45) is 1.71. The Balaban J connectivity index is 2.24. The van der Waals surface area contributed by atoms with E-state index in [9.17, 15) is 9.18 Å². The van der Waals surface area contributed by atoms with Crippen molar-refractivity contribution in [2.45, 2.75) is 19.8 Å². The molecule has 0 bridgehead atoms. The zero-order valence-electron chi connectivity index (χ0n) is 11.0. The Kier molecular flexibility index (Phi) is 3.59. The monoisotopic (exact) mass is 262 g/mol. The summed E-state index contributed by atoms with van der Waals surface area (Å²) in [4.78, 5) is 15.5. The molecule has 0 radical (unpaired) electrons. The highest BCUT2D eigenvalue weighted by molar-refractivity contribution is 6.03. The molecule has 2 heterocycles. The SMILES string of the molecule is CC(C)c1nn(C)cc1NC(=O)c1cccc(F)n1. The Morgan fingerprint density at radius 2 is 2.16 bits per heavy atom. The number of rotatable bonds is 3. The number of hydrogen-bond donors (Lipinski definition) is 1. The topological polar surface area (TPSA) is 59.8 Å². The molecule has 1 amide bonds. The summed E-state index contributed by atoms with van der Waals surface area (Å²) in [6, 6.07) is 4.11. The van der Waals surface area contributed by atoms with Crippen molar-refractivity contribution in [2.24, 2.45) is 7.05 Å². The third-order valence-corrected chi connectivity index (χ3v) is 2.60. The van der Waals surface area contributed by atoms with Gasteiger partial charge in [-0.3, -0.25) is 9.48 Å². The molecule has 0 aliphatic carbocycles. The van der Waals surface area contributed by atoms with Gasteiger partial charge >= 0.3 is 0 Å². The van der Waals surface area contributed by atoms with Crippen molar-refractivity contribution in [3.05, 3.63) is 41.7 Å². The molecular weight excluding hydrogens is 247 g/mol. The fourth-order valence-electron chi connectivity index (χ4n) is 1.75. The van der Waals surface area contributed by atoms with Crippen molar-refractivity contribution >= 4 is 11.6 Å². The zero-order valence-corrected chi connectivity index (χ0v) is 11.0. The number of hydrogen-bond acceptors (Lipinski definition) is 3. The lowest BCUT2D eigenvalue weighted by Gasteiger charge is -2.06. The Hall–Kier alpha value is -2.24. The van der Waals surface area contributed by atoms with Gasteiger partial charge in [-0.05, 0) is 18.1 Å². The van der Waals surface area contributed by atoms with E-state index in [0.717, 1.165) is 5.69 Å². The van der Waals surface area contributed by atoms with E-state index in [2.05, 4.69) is 15.4 Å². The summed E-state index contributed by atoms with van der Waals surface area (Å²) in [5.41, 5.74) is 1.44. The number of nitrogens with zero attached hydrogens (tertiary/aromatic N) is 3. The van der Waals surface area contributed by atoms with Gasteiger partial charge in [-0.2, -0.15) is 9.49 Å². The molecule has 2 rings (SSSR count). The molecule has 0 unspecified atom stereocenters. The largest absolute Gasteiger partial charge is 0.318 e. The van der Waals surface area contributed by atoms with Crippen LogP contribution >= 0.6 is 0 Å². The van der Waals surface area contributed by atoms with Crippen LogP contribution in [-0.2, 0) is 7.05 Å². The van der Waals surface area contributed by atoms with Crippen LogP contribution in [-0.4, -0.2) is 20.7 Å². The van der Waals surface area contributed by atoms with Crippen LogP contribution in [0.4, 0.5) is 10.1 Å². The van der Waals surface area contributed by atoms with Gasteiger partial charge in [0, 0.05) is 13.2 Å². The molecule has 100 valence electrons. The maximum absolute atomic E-state index is 13.0. The molecular formula is C13H15FN4O. The Morgan fingerprint density at radius 1 is 1.42 bits per heavy atom. The number of nitrogens with one attached hydrogen (secondary N) is 1. The van der Waals surface area contributed by atoms with Gasteiger partial charge in [0.05, 0.1) is 11.4 Å². The van der Waals surface area contributed by atoms with Gasteiger partial charge < -0.3 is 5.32 Å². The lowest BCUT2D eigenvalue weighted by atomic mass is 10.1. The van der Waals surface area contributed by atoms with E-state index in [1.54, 1.807) is 17.9 Å². The smallest absolute Gasteiger partial charge is 0.274 e. The summed E-state index contributed by atoms with van der Waals surface area (Å²) >= 11 is 0. The lowest BCUT2D eigenvalue weighted by molar-refractivity contribution is 0.102. The van der Waals surface area contributed by atoms with Crippen molar-refractivity contribution in [1.29, 1.82) is 0 Å². The maximum Gasteiger partial charge on any atom is 0.274 e. The number of carbonyl (C=O) groups is 1. The van der Waals surface area contributed by atoms with Gasteiger partial charge in [-0.25, -0.2) is 4.98 Å². The van der Waals surface area contributed by atoms with Crippen LogP contribution in [0.5, 0.6) is 0 Å². The fraction of sp³-hybridized carbons (Fsp3) is 0.308. The van der Waals surface area contributed by atoms with Gasteiger partial charge in [0.15, 0.2) is 0 Å². The second kappa shape index (κ2) is 5.17. The van der Waals surface area contributed by atoms with Gasteiger partial charge in [0.1, 0.15) is 5.69 Å². The minimum atomic E-state index is -0.678. The molecule has 6 heteroatoms. The second-order valence-electron chi connectivity index (χ2n) is 4.56. The maximum atomic E-state index is 13.0. The predicted octanol–water partition coefficient (Wildman–Crippen LogP) is 2.33. The van der Waals surface area contributed by atoms with Crippen molar-refractivity contribution in [2.75, 3.05) is 5.32 Å². The lowest BCUT2D eigenvalue weighted by Crippen LogP contribution is -2.15. The van der Waals surface area contributed by atoms with Crippen LogP contribution in [0.15, 0.2) is 24.4 Å². The molecule has 0 aliphatic heterocycles. The molecule has 2 aromatic rings. The number of aromatic nitrogens is 3. The van der Waals surface area contributed by atoms with E-state index < -0.39 is 11.9 Å². The number of halogens is 1. The van der Waals surface area contributed by atoms with Crippen LogP contribution < -0.4 is 5.32 Å². The van der Waals surface area contributed by atoms with E-state index >= 15 is 0 Å². The molecule has 0 atom stereocenters. The Labute approximate surface area is 110 Å². The van der Waals surface area contributed by atoms with Crippen LogP contribution in [0, 0.1) is 5.95 Å². The molecule has 0 fully saturated rings. The van der Waals surface area contributed by atoms with E-state index in [1.165, 1.54) is 18.2 Å². The van der Waals surface area contributed by atoms with E-state index in [-0.39, 0.29) is 11.6 Å². The van der Waals surface area contributed by atoms with Crippen LogP contribution in [0.25, 0.3) is 0 Å². The summed E-state index contributed by atoms with van der Waals surface area (Å²) in [5, 5.41) is 6.99. The zero-order chi connectivity index (χ0) is 14.0. The fourth-order valence-corrected chi connectivity index (χ4v) is 1.75. The summed E-state index contributed by atoms with van der Waals surface area (Å²) in [6.45, 7) is 3.97. The third-order valence-electron chi connectivity index (χ3n) is 2.60. The van der Waals surface area contributed by atoms with Crippen LogP contribution in [0.3, 0.4) is 0 Å². The van der Waals surface area contributed by atoms with Gasteiger partial charge in [-0.1, -0.05) is 19.9 Å². The minimum absolute atomic E-state index is 0.0403. The van der Waals surface area contributed by atoms with Crippen LogP contribution in [0.1, 0.15) is 35.9 Å². The number of aryl methyl sites for hydroxylation is 1. The molecule has 0 saturated carbocycles. The van der Waals surface area contributed by atoms with Gasteiger partial charge in [0.25, 0.3) is 5.91 Å². The molecule has 5 nitrogen and oxygen atoms in total.